The number of ether oxygens (including phenoxy) is 1. The average Bonchev–Trinajstić information content (AvgIpc) is 2.61. The normalized spacial score (nSPS) is 10.1. The van der Waals surface area contributed by atoms with Gasteiger partial charge >= 0.3 is 11.7 Å². The van der Waals surface area contributed by atoms with E-state index in [1.54, 1.807) is 0 Å². The fourth-order valence-corrected chi connectivity index (χ4v) is 2.11. The second-order valence-corrected chi connectivity index (χ2v) is 5.38. The first-order valence-electron chi connectivity index (χ1n) is 7.04. The molecule has 0 aromatic heterocycles. The Bertz CT molecular complexity index is 951. The highest BCUT2D eigenvalue weighted by Crippen LogP contribution is 2.25. The van der Waals surface area contributed by atoms with Crippen molar-refractivity contribution in [2.24, 2.45) is 0 Å². The van der Waals surface area contributed by atoms with E-state index in [1.807, 2.05) is 0 Å². The number of nitrogens with zero attached hydrogens (tertiary/aromatic N) is 2. The van der Waals surface area contributed by atoms with Gasteiger partial charge in [0.2, 0.25) is 5.82 Å². The Balaban J connectivity index is 2.00. The van der Waals surface area contributed by atoms with E-state index in [2.05, 4.69) is 5.32 Å². The minimum atomic E-state index is -1.08. The summed E-state index contributed by atoms with van der Waals surface area (Å²) in [6, 6.07) is 5.90. The molecule has 2 rings (SSSR count). The van der Waals surface area contributed by atoms with Crippen LogP contribution in [0, 0.1) is 26.0 Å². The van der Waals surface area contributed by atoms with E-state index in [0.717, 1.165) is 30.3 Å². The Morgan fingerprint density at radius 1 is 1.07 bits per heavy atom. The van der Waals surface area contributed by atoms with Gasteiger partial charge in [0.05, 0.1) is 15.4 Å². The Morgan fingerprint density at radius 3 is 2.37 bits per heavy atom. The summed E-state index contributed by atoms with van der Waals surface area (Å²) in [5.41, 5.74) is -1.62. The zero-order valence-corrected chi connectivity index (χ0v) is 13.9. The second-order valence-electron chi connectivity index (χ2n) is 4.97. The summed E-state index contributed by atoms with van der Waals surface area (Å²) < 4.78 is 17.9. The van der Waals surface area contributed by atoms with Gasteiger partial charge in [0.25, 0.3) is 11.6 Å². The third-order valence-electron chi connectivity index (χ3n) is 3.14. The molecule has 0 saturated heterocycles. The Labute approximate surface area is 154 Å². The van der Waals surface area contributed by atoms with Crippen LogP contribution in [0.1, 0.15) is 10.4 Å². The number of esters is 1. The molecule has 0 fully saturated rings. The van der Waals surface area contributed by atoms with Crippen molar-refractivity contribution in [2.75, 3.05) is 11.9 Å². The first-order chi connectivity index (χ1) is 12.7. The molecule has 2 aromatic carbocycles. The van der Waals surface area contributed by atoms with Crippen molar-refractivity contribution in [3.63, 3.8) is 0 Å². The van der Waals surface area contributed by atoms with Crippen molar-refractivity contribution < 1.29 is 28.6 Å². The number of anilines is 1. The molecule has 140 valence electrons. The summed E-state index contributed by atoms with van der Waals surface area (Å²) in [6.07, 6.45) is 0. The zero-order chi connectivity index (χ0) is 20.1. The number of hydrogen-bond acceptors (Lipinski definition) is 7. The summed E-state index contributed by atoms with van der Waals surface area (Å²) in [5, 5.41) is 23.5. The molecule has 2 aromatic rings. The highest BCUT2D eigenvalue weighted by Gasteiger charge is 2.19. The van der Waals surface area contributed by atoms with Crippen molar-refractivity contribution in [1.29, 1.82) is 0 Å². The highest BCUT2D eigenvalue weighted by molar-refractivity contribution is 6.32. The topological polar surface area (TPSA) is 142 Å². The summed E-state index contributed by atoms with van der Waals surface area (Å²) in [4.78, 5) is 43.3. The standard InChI is InChI=1S/C15H9ClFN3O7/c16-10-3-1-8(5-12(10)19(23)24)15(22)27-7-14(21)18-9-2-4-11(17)13(6-9)20(25)26/h1-6H,7H2,(H,18,21). The molecule has 0 aliphatic heterocycles. The minimum absolute atomic E-state index is 0.0775. The SMILES string of the molecule is O=C(COC(=O)c1ccc(Cl)c([N+](=O)[O-])c1)Nc1ccc(F)c([N+](=O)[O-])c1. The summed E-state index contributed by atoms with van der Waals surface area (Å²) in [6.45, 7) is -0.777. The van der Waals surface area contributed by atoms with Crippen molar-refractivity contribution in [3.05, 3.63) is 73.0 Å². The number of amides is 1. The molecule has 0 saturated carbocycles. The van der Waals surface area contributed by atoms with Crippen molar-refractivity contribution >= 4 is 40.5 Å². The number of hydrogen-bond donors (Lipinski definition) is 1. The van der Waals surface area contributed by atoms with E-state index in [1.165, 1.54) is 6.07 Å². The lowest BCUT2D eigenvalue weighted by molar-refractivity contribution is -0.387. The van der Waals surface area contributed by atoms with Crippen LogP contribution in [0.2, 0.25) is 5.02 Å². The molecule has 0 bridgehead atoms. The van der Waals surface area contributed by atoms with E-state index < -0.39 is 45.5 Å². The molecule has 1 N–H and O–H groups in total. The summed E-state index contributed by atoms with van der Waals surface area (Å²) in [5.74, 6) is -2.95. The van der Waals surface area contributed by atoms with Gasteiger partial charge in [0.1, 0.15) is 5.02 Å². The van der Waals surface area contributed by atoms with Crippen LogP contribution in [0.15, 0.2) is 36.4 Å². The predicted molar refractivity (Wildman–Crippen MR) is 90.1 cm³/mol. The fourth-order valence-electron chi connectivity index (χ4n) is 1.92. The van der Waals surface area contributed by atoms with Crippen molar-refractivity contribution in [1.82, 2.24) is 0 Å². The van der Waals surface area contributed by atoms with E-state index in [9.17, 15) is 34.2 Å². The number of halogens is 2. The Hall–Kier alpha value is -3.60. The maximum atomic E-state index is 13.2. The van der Waals surface area contributed by atoms with E-state index >= 15 is 0 Å². The van der Waals surface area contributed by atoms with Gasteiger partial charge in [-0.1, -0.05) is 11.6 Å². The van der Waals surface area contributed by atoms with E-state index in [0.29, 0.717) is 0 Å². The van der Waals surface area contributed by atoms with Gasteiger partial charge in [-0.15, -0.1) is 0 Å². The molecule has 0 aliphatic carbocycles. The van der Waals surface area contributed by atoms with Gasteiger partial charge in [0.15, 0.2) is 6.61 Å². The third kappa shape index (κ3) is 4.95. The Kier molecular flexibility index (Phi) is 5.98. The van der Waals surface area contributed by atoms with Crippen molar-refractivity contribution in [3.8, 4) is 0 Å². The molecule has 12 heteroatoms. The second kappa shape index (κ2) is 8.19. The molecule has 0 heterocycles. The maximum Gasteiger partial charge on any atom is 0.338 e. The van der Waals surface area contributed by atoms with Crippen LogP contribution in [0.4, 0.5) is 21.5 Å². The molecule has 0 atom stereocenters. The van der Waals surface area contributed by atoms with Gasteiger partial charge in [-0.25, -0.2) is 4.79 Å². The molecule has 10 nitrogen and oxygen atoms in total. The number of benzene rings is 2. The molecule has 0 radical (unpaired) electrons. The van der Waals surface area contributed by atoms with Gasteiger partial charge < -0.3 is 10.1 Å². The highest BCUT2D eigenvalue weighted by atomic mass is 35.5. The first kappa shape index (κ1) is 19.7. The van der Waals surface area contributed by atoms with Crippen LogP contribution >= 0.6 is 11.6 Å². The number of carbonyl (C=O) groups excluding carboxylic acids is 2. The number of nitro benzene ring substituents is 2. The lowest BCUT2D eigenvalue weighted by Crippen LogP contribution is -2.21. The quantitative estimate of drug-likeness (QED) is 0.448. The van der Waals surface area contributed by atoms with Gasteiger partial charge in [0, 0.05) is 17.8 Å². The minimum Gasteiger partial charge on any atom is -0.452 e. The van der Waals surface area contributed by atoms with Crippen LogP contribution in [-0.4, -0.2) is 28.3 Å². The van der Waals surface area contributed by atoms with Crippen LogP contribution in [0.3, 0.4) is 0 Å². The predicted octanol–water partition coefficient (Wildman–Crippen LogP) is 3.09. The number of carbonyl (C=O) groups is 2. The van der Waals surface area contributed by atoms with Crippen LogP contribution in [0.25, 0.3) is 0 Å². The smallest absolute Gasteiger partial charge is 0.338 e. The molecule has 0 aliphatic rings. The molecular formula is C15H9ClFN3O7. The van der Waals surface area contributed by atoms with E-state index in [4.69, 9.17) is 16.3 Å². The average molecular weight is 398 g/mol. The Morgan fingerprint density at radius 2 is 1.74 bits per heavy atom. The summed E-state index contributed by atoms with van der Waals surface area (Å²) >= 11 is 5.63. The maximum absolute atomic E-state index is 13.2. The van der Waals surface area contributed by atoms with Crippen molar-refractivity contribution in [2.45, 2.75) is 0 Å². The zero-order valence-electron chi connectivity index (χ0n) is 13.2. The lowest BCUT2D eigenvalue weighted by Gasteiger charge is -2.07. The van der Waals surface area contributed by atoms with Gasteiger partial charge in [-0.3, -0.25) is 25.0 Å². The van der Waals surface area contributed by atoms with Gasteiger partial charge in [-0.05, 0) is 24.3 Å². The monoisotopic (exact) mass is 397 g/mol. The first-order valence-corrected chi connectivity index (χ1v) is 7.41. The molecule has 0 unspecified atom stereocenters. The lowest BCUT2D eigenvalue weighted by atomic mass is 10.2. The van der Waals surface area contributed by atoms with Crippen LogP contribution < -0.4 is 5.32 Å². The number of rotatable bonds is 6. The largest absolute Gasteiger partial charge is 0.452 e. The number of nitrogens with one attached hydrogen (secondary N) is 1. The summed E-state index contributed by atoms with van der Waals surface area (Å²) in [7, 11) is 0. The number of nitro groups is 2. The van der Waals surface area contributed by atoms with Gasteiger partial charge in [-0.2, -0.15) is 4.39 Å². The third-order valence-corrected chi connectivity index (χ3v) is 3.46. The molecular weight excluding hydrogens is 389 g/mol. The van der Waals surface area contributed by atoms with Crippen LogP contribution in [-0.2, 0) is 9.53 Å². The fraction of sp³-hybridized carbons (Fsp3) is 0.0667. The molecule has 1 amide bonds. The van der Waals surface area contributed by atoms with E-state index in [-0.39, 0.29) is 16.3 Å². The molecule has 27 heavy (non-hydrogen) atoms. The van der Waals surface area contributed by atoms with Crippen LogP contribution in [0.5, 0.6) is 0 Å². The molecule has 0 spiro atoms.